The number of anilines is 1. The molecule has 230 valence electrons. The second kappa shape index (κ2) is 13.7. The summed E-state index contributed by atoms with van der Waals surface area (Å²) in [6.07, 6.45) is 0.834. The number of aromatic carboxylic acids is 1. The number of carbonyl (C=O) groups excluding carboxylic acids is 3. The van der Waals surface area contributed by atoms with E-state index < -0.39 is 35.2 Å². The van der Waals surface area contributed by atoms with E-state index in [0.29, 0.717) is 26.5 Å². The second-order valence-corrected chi connectivity index (χ2v) is 13.1. The summed E-state index contributed by atoms with van der Waals surface area (Å²) in [4.78, 5) is 51.9. The smallest absolute Gasteiger partial charge is 0.407 e. The number of alkyl carbamates (subject to hydrolysis) is 1. The fourth-order valence-electron chi connectivity index (χ4n) is 3.98. The monoisotopic (exact) mass is 659 g/mol. The van der Waals surface area contributed by atoms with E-state index >= 15 is 0 Å². The summed E-state index contributed by atoms with van der Waals surface area (Å²) in [6.45, 7) is 5.00. The molecule has 0 unspecified atom stereocenters. The number of halogens is 2. The Morgan fingerprint density at radius 3 is 2.50 bits per heavy atom. The van der Waals surface area contributed by atoms with Gasteiger partial charge < -0.3 is 20.5 Å². The van der Waals surface area contributed by atoms with Crippen LogP contribution >= 0.6 is 35.3 Å². The summed E-state index contributed by atoms with van der Waals surface area (Å²) < 4.78 is 32.4. The van der Waals surface area contributed by atoms with Gasteiger partial charge in [0.2, 0.25) is 5.91 Å². The van der Waals surface area contributed by atoms with Gasteiger partial charge in [-0.2, -0.15) is 0 Å². The third-order valence-corrected chi connectivity index (χ3v) is 8.29. The Morgan fingerprint density at radius 2 is 1.82 bits per heavy atom. The molecule has 3 amide bonds. The highest BCUT2D eigenvalue weighted by Gasteiger charge is 2.32. The number of thiocarbonyl (C=S) groups is 1. The van der Waals surface area contributed by atoms with Gasteiger partial charge >= 0.3 is 12.1 Å². The van der Waals surface area contributed by atoms with Crippen molar-refractivity contribution in [3.05, 3.63) is 80.4 Å². The third-order valence-electron chi connectivity index (χ3n) is 6.03. The van der Waals surface area contributed by atoms with Gasteiger partial charge in [-0.15, -0.1) is 11.3 Å². The van der Waals surface area contributed by atoms with E-state index in [1.807, 2.05) is 0 Å². The normalized spacial score (nSPS) is 14.2. The Bertz CT molecular complexity index is 1680. The van der Waals surface area contributed by atoms with Crippen LogP contribution in [0.25, 0.3) is 17.2 Å². The maximum atomic E-state index is 13.6. The molecule has 0 bridgehead atoms. The first-order valence-corrected chi connectivity index (χ1v) is 15.2. The first kappa shape index (κ1) is 32.8. The number of rotatable bonds is 9. The van der Waals surface area contributed by atoms with Crippen molar-refractivity contribution >= 4 is 75.3 Å². The molecule has 3 aromatic rings. The van der Waals surface area contributed by atoms with E-state index in [-0.39, 0.29) is 41.0 Å². The van der Waals surface area contributed by atoms with Crippen LogP contribution in [0.2, 0.25) is 0 Å². The van der Waals surface area contributed by atoms with Crippen LogP contribution in [0.3, 0.4) is 0 Å². The number of ether oxygens (including phenoxy) is 1. The summed E-state index contributed by atoms with van der Waals surface area (Å²) in [5, 5.41) is 16.4. The lowest BCUT2D eigenvalue weighted by atomic mass is 10.1. The molecule has 1 aromatic heterocycles. The van der Waals surface area contributed by atoms with Crippen molar-refractivity contribution in [2.75, 3.05) is 11.9 Å². The average molecular weight is 660 g/mol. The number of nitrogens with one attached hydrogen (secondary N) is 2. The van der Waals surface area contributed by atoms with Gasteiger partial charge in [0.1, 0.15) is 9.92 Å². The maximum Gasteiger partial charge on any atom is 0.407 e. The highest BCUT2D eigenvalue weighted by molar-refractivity contribution is 8.26. The molecule has 44 heavy (non-hydrogen) atoms. The molecule has 1 fully saturated rings. The molecule has 2 aromatic carbocycles. The molecule has 0 spiro atoms. The molecule has 2 heterocycles. The minimum Gasteiger partial charge on any atom is -0.478 e. The lowest BCUT2D eigenvalue weighted by Gasteiger charge is -2.20. The lowest BCUT2D eigenvalue weighted by Crippen LogP contribution is -2.33. The van der Waals surface area contributed by atoms with Gasteiger partial charge in [-0.25, -0.2) is 18.4 Å². The number of carboxylic acids is 1. The van der Waals surface area contributed by atoms with Crippen molar-refractivity contribution in [3.8, 4) is 11.1 Å². The zero-order valence-corrected chi connectivity index (χ0v) is 26.2. The van der Waals surface area contributed by atoms with Crippen molar-refractivity contribution < 1.29 is 37.8 Å². The third kappa shape index (κ3) is 8.49. The molecular formula is C30H27F2N3O6S3. The van der Waals surface area contributed by atoms with Gasteiger partial charge in [0.25, 0.3) is 5.91 Å². The van der Waals surface area contributed by atoms with Crippen molar-refractivity contribution in [1.82, 2.24) is 10.2 Å². The second-order valence-electron chi connectivity index (χ2n) is 10.5. The number of thioether (sulfide) groups is 1. The van der Waals surface area contributed by atoms with E-state index in [0.717, 1.165) is 23.9 Å². The van der Waals surface area contributed by atoms with Crippen LogP contribution in [0.1, 0.15) is 48.0 Å². The number of hydrogen-bond acceptors (Lipinski definition) is 8. The van der Waals surface area contributed by atoms with E-state index in [1.54, 1.807) is 38.3 Å². The van der Waals surface area contributed by atoms with E-state index in [9.17, 15) is 33.1 Å². The van der Waals surface area contributed by atoms with Crippen LogP contribution in [0.4, 0.5) is 19.3 Å². The first-order chi connectivity index (χ1) is 20.7. The molecule has 0 radical (unpaired) electrons. The molecule has 3 N–H and O–H groups in total. The number of nitrogens with zero attached hydrogens (tertiary/aromatic N) is 1. The first-order valence-electron chi connectivity index (χ1n) is 13.1. The maximum absolute atomic E-state index is 13.6. The largest absolute Gasteiger partial charge is 0.478 e. The summed E-state index contributed by atoms with van der Waals surface area (Å²) in [5.74, 6) is -3.89. The van der Waals surface area contributed by atoms with Crippen molar-refractivity contribution in [2.45, 2.75) is 39.3 Å². The molecule has 1 saturated heterocycles. The van der Waals surface area contributed by atoms with E-state index in [1.165, 1.54) is 40.5 Å². The van der Waals surface area contributed by atoms with Crippen molar-refractivity contribution in [1.29, 1.82) is 0 Å². The molecular weight excluding hydrogens is 633 g/mol. The molecule has 9 nitrogen and oxygen atoms in total. The summed E-state index contributed by atoms with van der Waals surface area (Å²) in [6, 6.07) is 9.46. The van der Waals surface area contributed by atoms with Gasteiger partial charge in [-0.1, -0.05) is 30.0 Å². The number of benzene rings is 2. The Kier molecular flexibility index (Phi) is 10.2. The molecule has 0 saturated carbocycles. The SMILES string of the molecule is CC(C)(C)OC(=O)NCc1cc(C(=O)O)ccc1NC(=O)CCN1C(=O)C(=Cc2cc(-c3ccc(F)c(F)c3)cs2)SC1=S. The van der Waals surface area contributed by atoms with Crippen LogP contribution in [0.15, 0.2) is 52.7 Å². The molecule has 14 heteroatoms. The minimum atomic E-state index is -1.17. The van der Waals surface area contributed by atoms with Gasteiger partial charge in [0, 0.05) is 30.1 Å². The van der Waals surface area contributed by atoms with Crippen LogP contribution in [-0.2, 0) is 20.9 Å². The van der Waals surface area contributed by atoms with Crippen LogP contribution in [0, 0.1) is 11.6 Å². The Hall–Kier alpha value is -4.14. The molecule has 0 aliphatic carbocycles. The van der Waals surface area contributed by atoms with Crippen molar-refractivity contribution in [3.63, 3.8) is 0 Å². The Morgan fingerprint density at radius 1 is 1.07 bits per heavy atom. The Balaban J connectivity index is 1.39. The van der Waals surface area contributed by atoms with Gasteiger partial charge in [-0.3, -0.25) is 14.5 Å². The number of carboxylic acid groups (broad SMARTS) is 1. The standard InChI is InChI=1S/C30H27F2N3O6S3/c1-30(2,3)41-28(40)33-14-18-10-17(27(38)39)5-7-23(18)34-25(36)8-9-35-26(37)24(44-29(35)42)13-20-11-19(15-43-20)16-4-6-21(31)22(32)12-16/h4-7,10-13,15H,8-9,14H2,1-3H3,(H,33,40)(H,34,36)(H,38,39). The fraction of sp³-hybridized carbons (Fsp3) is 0.233. The zero-order valence-electron chi connectivity index (χ0n) is 23.7. The number of thiophene rings is 1. The van der Waals surface area contributed by atoms with Crippen LogP contribution in [-0.4, -0.2) is 50.3 Å². The number of carbonyl (C=O) groups is 4. The molecule has 0 atom stereocenters. The van der Waals surface area contributed by atoms with Gasteiger partial charge in [0.05, 0.1) is 10.5 Å². The zero-order chi connectivity index (χ0) is 32.2. The summed E-state index contributed by atoms with van der Waals surface area (Å²) >= 11 is 7.78. The van der Waals surface area contributed by atoms with Crippen LogP contribution in [0.5, 0.6) is 0 Å². The van der Waals surface area contributed by atoms with Gasteiger partial charge in [-0.05, 0) is 85.3 Å². The Labute approximate surface area is 265 Å². The fourth-order valence-corrected chi connectivity index (χ4v) is 6.20. The minimum absolute atomic E-state index is 0.00289. The topological polar surface area (TPSA) is 125 Å². The molecule has 1 aliphatic heterocycles. The van der Waals surface area contributed by atoms with Gasteiger partial charge in [0.15, 0.2) is 11.6 Å². The predicted molar refractivity (Wildman–Crippen MR) is 169 cm³/mol. The highest BCUT2D eigenvalue weighted by Crippen LogP contribution is 2.35. The lowest BCUT2D eigenvalue weighted by molar-refractivity contribution is -0.122. The highest BCUT2D eigenvalue weighted by atomic mass is 32.2. The van der Waals surface area contributed by atoms with Crippen LogP contribution < -0.4 is 10.6 Å². The van der Waals surface area contributed by atoms with E-state index in [4.69, 9.17) is 17.0 Å². The average Bonchev–Trinajstić information content (AvgIpc) is 3.51. The molecule has 1 aliphatic rings. The number of hydrogen-bond donors (Lipinski definition) is 3. The summed E-state index contributed by atoms with van der Waals surface area (Å²) in [5.41, 5.74) is 1.04. The summed E-state index contributed by atoms with van der Waals surface area (Å²) in [7, 11) is 0. The molecule has 4 rings (SSSR count). The number of amides is 3. The van der Waals surface area contributed by atoms with E-state index in [2.05, 4.69) is 10.6 Å². The quantitative estimate of drug-likeness (QED) is 0.172. The van der Waals surface area contributed by atoms with Crippen molar-refractivity contribution in [2.24, 2.45) is 0 Å². The predicted octanol–water partition coefficient (Wildman–Crippen LogP) is 6.65.